The minimum atomic E-state index is 0.352. The smallest absolute Gasteiger partial charge is 0.0628 e. The number of nitrogens with one attached hydrogen (secondary N) is 1. The number of rotatable bonds is 5. The lowest BCUT2D eigenvalue weighted by Gasteiger charge is -2.59. The van der Waals surface area contributed by atoms with Crippen molar-refractivity contribution in [2.75, 3.05) is 6.54 Å². The first-order valence-electron chi connectivity index (χ1n) is 8.73. The number of hydrogen-bond donors (Lipinski definition) is 1. The lowest BCUT2D eigenvalue weighted by Crippen LogP contribution is -2.55. The zero-order chi connectivity index (χ0) is 13.8. The highest BCUT2D eigenvalue weighted by molar-refractivity contribution is 5.07. The molecule has 0 aromatic carbocycles. The maximum Gasteiger partial charge on any atom is 0.0628 e. The SMILES string of the molecule is CC(NCC1(CC#N)CC1)C12CC3CC(CC(C3)C1)C2. The molecule has 5 fully saturated rings. The predicted molar refractivity (Wildman–Crippen MR) is 80.0 cm³/mol. The van der Waals surface area contributed by atoms with Crippen LogP contribution < -0.4 is 5.32 Å². The van der Waals surface area contributed by atoms with Gasteiger partial charge in [-0.2, -0.15) is 5.26 Å². The minimum Gasteiger partial charge on any atom is -0.313 e. The average molecular weight is 272 g/mol. The molecule has 2 heteroatoms. The summed E-state index contributed by atoms with van der Waals surface area (Å²) in [6.07, 6.45) is 12.3. The second-order valence-electron chi connectivity index (χ2n) is 8.72. The molecule has 1 unspecified atom stereocenters. The molecule has 4 bridgehead atoms. The largest absolute Gasteiger partial charge is 0.313 e. The molecule has 1 N–H and O–H groups in total. The van der Waals surface area contributed by atoms with E-state index in [1.807, 2.05) is 0 Å². The second kappa shape index (κ2) is 4.47. The first-order chi connectivity index (χ1) is 9.63. The molecule has 5 aliphatic carbocycles. The fourth-order valence-corrected chi connectivity index (χ4v) is 6.05. The first kappa shape index (κ1) is 13.1. The highest BCUT2D eigenvalue weighted by Crippen LogP contribution is 2.61. The lowest BCUT2D eigenvalue weighted by molar-refractivity contribution is -0.0709. The Morgan fingerprint density at radius 3 is 2.10 bits per heavy atom. The van der Waals surface area contributed by atoms with Gasteiger partial charge >= 0.3 is 0 Å². The van der Waals surface area contributed by atoms with Gasteiger partial charge in [-0.15, -0.1) is 0 Å². The van der Waals surface area contributed by atoms with E-state index in [1.165, 1.54) is 51.4 Å². The van der Waals surface area contributed by atoms with Crippen LogP contribution in [0.2, 0.25) is 0 Å². The van der Waals surface area contributed by atoms with Crippen LogP contribution in [-0.4, -0.2) is 12.6 Å². The van der Waals surface area contributed by atoms with Gasteiger partial charge < -0.3 is 5.32 Å². The van der Waals surface area contributed by atoms with Gasteiger partial charge in [0.1, 0.15) is 0 Å². The van der Waals surface area contributed by atoms with Crippen molar-refractivity contribution in [2.24, 2.45) is 28.6 Å². The summed E-state index contributed by atoms with van der Waals surface area (Å²) in [4.78, 5) is 0. The summed E-state index contributed by atoms with van der Waals surface area (Å²) >= 11 is 0. The van der Waals surface area contributed by atoms with Gasteiger partial charge in [-0.25, -0.2) is 0 Å². The van der Waals surface area contributed by atoms with Crippen LogP contribution in [0.15, 0.2) is 0 Å². The Morgan fingerprint density at radius 1 is 1.10 bits per heavy atom. The molecule has 20 heavy (non-hydrogen) atoms. The summed E-state index contributed by atoms with van der Waals surface area (Å²) in [6.45, 7) is 3.53. The van der Waals surface area contributed by atoms with Crippen molar-refractivity contribution in [3.63, 3.8) is 0 Å². The Kier molecular flexibility index (Phi) is 2.94. The Labute approximate surface area is 123 Å². The number of hydrogen-bond acceptors (Lipinski definition) is 2. The van der Waals surface area contributed by atoms with E-state index in [0.29, 0.717) is 16.9 Å². The van der Waals surface area contributed by atoms with Crippen LogP contribution >= 0.6 is 0 Å². The van der Waals surface area contributed by atoms with Gasteiger partial charge in [0.25, 0.3) is 0 Å². The maximum atomic E-state index is 8.96. The number of nitriles is 1. The van der Waals surface area contributed by atoms with E-state index in [2.05, 4.69) is 18.3 Å². The molecule has 5 aliphatic rings. The van der Waals surface area contributed by atoms with Gasteiger partial charge in [-0.05, 0) is 86.9 Å². The van der Waals surface area contributed by atoms with Crippen molar-refractivity contribution in [3.05, 3.63) is 0 Å². The summed E-state index contributed by atoms with van der Waals surface area (Å²) in [7, 11) is 0. The third-order valence-electron chi connectivity index (χ3n) is 7.20. The minimum absolute atomic E-state index is 0.352. The molecule has 2 nitrogen and oxygen atoms in total. The summed E-state index contributed by atoms with van der Waals surface area (Å²) in [6, 6.07) is 3.05. The summed E-state index contributed by atoms with van der Waals surface area (Å²) < 4.78 is 0. The van der Waals surface area contributed by atoms with Gasteiger partial charge in [-0.3, -0.25) is 0 Å². The van der Waals surface area contributed by atoms with Crippen molar-refractivity contribution in [1.29, 1.82) is 5.26 Å². The van der Waals surface area contributed by atoms with Crippen LogP contribution in [0.4, 0.5) is 0 Å². The van der Waals surface area contributed by atoms with Crippen LogP contribution in [0.3, 0.4) is 0 Å². The van der Waals surface area contributed by atoms with Crippen molar-refractivity contribution in [2.45, 2.75) is 70.8 Å². The van der Waals surface area contributed by atoms with E-state index in [4.69, 9.17) is 5.26 Å². The van der Waals surface area contributed by atoms with Gasteiger partial charge in [0.15, 0.2) is 0 Å². The van der Waals surface area contributed by atoms with Gasteiger partial charge in [0.2, 0.25) is 0 Å². The van der Waals surface area contributed by atoms with Crippen LogP contribution in [0.1, 0.15) is 64.7 Å². The normalized spacial score (nSPS) is 45.1. The van der Waals surface area contributed by atoms with Gasteiger partial charge in [0.05, 0.1) is 6.07 Å². The van der Waals surface area contributed by atoms with Crippen LogP contribution in [0.25, 0.3) is 0 Å². The molecule has 0 saturated heterocycles. The Bertz CT molecular complexity index is 394. The number of nitrogens with zero attached hydrogens (tertiary/aromatic N) is 1. The van der Waals surface area contributed by atoms with E-state index in [1.54, 1.807) is 0 Å². The molecular weight excluding hydrogens is 244 g/mol. The molecule has 0 radical (unpaired) electrons. The van der Waals surface area contributed by atoms with E-state index in [-0.39, 0.29) is 0 Å². The highest BCUT2D eigenvalue weighted by atomic mass is 15.0. The van der Waals surface area contributed by atoms with E-state index >= 15 is 0 Å². The fraction of sp³-hybridized carbons (Fsp3) is 0.944. The molecule has 0 spiro atoms. The molecule has 5 rings (SSSR count). The molecule has 1 atom stereocenters. The molecule has 0 aromatic rings. The summed E-state index contributed by atoms with van der Waals surface area (Å²) in [5.41, 5.74) is 0.961. The van der Waals surface area contributed by atoms with Crippen molar-refractivity contribution < 1.29 is 0 Å². The Hall–Kier alpha value is -0.550. The monoisotopic (exact) mass is 272 g/mol. The molecule has 5 saturated carbocycles. The summed E-state index contributed by atoms with van der Waals surface area (Å²) in [5.74, 6) is 3.12. The maximum absolute atomic E-state index is 8.96. The quantitative estimate of drug-likeness (QED) is 0.824. The van der Waals surface area contributed by atoms with E-state index < -0.39 is 0 Å². The lowest BCUT2D eigenvalue weighted by atomic mass is 9.48. The third-order valence-corrected chi connectivity index (χ3v) is 7.20. The van der Waals surface area contributed by atoms with Gasteiger partial charge in [-0.1, -0.05) is 0 Å². The second-order valence-corrected chi connectivity index (χ2v) is 8.72. The van der Waals surface area contributed by atoms with E-state index in [0.717, 1.165) is 30.7 Å². The van der Waals surface area contributed by atoms with Crippen molar-refractivity contribution in [3.8, 4) is 6.07 Å². The first-order valence-corrected chi connectivity index (χ1v) is 8.73. The van der Waals surface area contributed by atoms with Crippen molar-refractivity contribution >= 4 is 0 Å². The zero-order valence-corrected chi connectivity index (χ0v) is 12.8. The standard InChI is InChI=1S/C18H28N2/c1-13(20-12-17(2-3-17)4-5-19)18-9-14-6-15(10-18)8-16(7-14)11-18/h13-16,20H,2-4,6-12H2,1H3. The van der Waals surface area contributed by atoms with Crippen LogP contribution in [0.5, 0.6) is 0 Å². The fourth-order valence-electron chi connectivity index (χ4n) is 6.05. The van der Waals surface area contributed by atoms with Gasteiger partial charge in [0, 0.05) is 19.0 Å². The highest BCUT2D eigenvalue weighted by Gasteiger charge is 2.53. The molecule has 0 aliphatic heterocycles. The zero-order valence-electron chi connectivity index (χ0n) is 12.8. The molecular formula is C18H28N2. The van der Waals surface area contributed by atoms with E-state index in [9.17, 15) is 0 Å². The molecule has 0 aromatic heterocycles. The third kappa shape index (κ3) is 2.10. The topological polar surface area (TPSA) is 35.8 Å². The Balaban J connectivity index is 1.41. The summed E-state index contributed by atoms with van der Waals surface area (Å²) in [5, 5.41) is 12.8. The Morgan fingerprint density at radius 2 is 1.65 bits per heavy atom. The molecule has 0 amide bonds. The van der Waals surface area contributed by atoms with Crippen LogP contribution in [0, 0.1) is 39.9 Å². The molecule has 0 heterocycles. The molecule has 110 valence electrons. The van der Waals surface area contributed by atoms with Crippen molar-refractivity contribution in [1.82, 2.24) is 5.32 Å². The average Bonchev–Trinajstić information content (AvgIpc) is 3.15. The van der Waals surface area contributed by atoms with Crippen LogP contribution in [-0.2, 0) is 0 Å². The predicted octanol–water partition coefficient (Wildman–Crippen LogP) is 3.87.